The molecular weight excluding hydrogens is 333 g/mol. The Balaban J connectivity index is 1.55. The Morgan fingerprint density at radius 2 is 1.92 bits per heavy atom. The molecule has 1 saturated heterocycles. The van der Waals surface area contributed by atoms with Crippen LogP contribution >= 0.6 is 0 Å². The van der Waals surface area contributed by atoms with Crippen molar-refractivity contribution in [3.63, 3.8) is 0 Å². The van der Waals surface area contributed by atoms with Gasteiger partial charge in [-0.2, -0.15) is 4.98 Å². The second-order valence-electron chi connectivity index (χ2n) is 6.66. The van der Waals surface area contributed by atoms with Crippen LogP contribution in [0.3, 0.4) is 0 Å². The third-order valence-electron chi connectivity index (χ3n) is 4.70. The minimum atomic E-state index is -0.316. The summed E-state index contributed by atoms with van der Waals surface area (Å²) >= 11 is 0. The number of rotatable bonds is 3. The maximum absolute atomic E-state index is 13.7. The molecule has 2 heterocycles. The van der Waals surface area contributed by atoms with Crippen LogP contribution in [0.25, 0.3) is 11.5 Å². The van der Waals surface area contributed by atoms with Gasteiger partial charge in [-0.25, -0.2) is 4.39 Å². The summed E-state index contributed by atoms with van der Waals surface area (Å²) in [5.74, 6) is 0.316. The Bertz CT molecular complexity index is 965. The first-order valence-corrected chi connectivity index (χ1v) is 8.48. The Morgan fingerprint density at radius 1 is 1.15 bits per heavy atom. The number of aryl methyl sites for hydroxylation is 2. The van der Waals surface area contributed by atoms with E-state index in [2.05, 4.69) is 10.1 Å². The van der Waals surface area contributed by atoms with Crippen molar-refractivity contribution in [2.45, 2.75) is 26.2 Å². The molecule has 1 unspecified atom stereocenters. The molecule has 0 radical (unpaired) electrons. The van der Waals surface area contributed by atoms with E-state index in [0.717, 1.165) is 11.3 Å². The SMILES string of the molecule is Cc1ccc(N2CC(c3noc(-c4ccc(C)c(F)c4)n3)CC2=O)cc1. The fourth-order valence-corrected chi connectivity index (χ4v) is 3.10. The van der Waals surface area contributed by atoms with Gasteiger partial charge in [0.15, 0.2) is 5.82 Å². The Kier molecular flexibility index (Phi) is 4.03. The Hall–Kier alpha value is -3.02. The second kappa shape index (κ2) is 6.37. The first-order chi connectivity index (χ1) is 12.5. The molecule has 0 saturated carbocycles. The number of anilines is 1. The van der Waals surface area contributed by atoms with Crippen LogP contribution in [0.15, 0.2) is 47.0 Å². The third-order valence-corrected chi connectivity index (χ3v) is 4.70. The van der Waals surface area contributed by atoms with E-state index >= 15 is 0 Å². The highest BCUT2D eigenvalue weighted by Gasteiger charge is 2.34. The number of benzene rings is 2. The molecule has 6 heteroatoms. The molecule has 1 aromatic heterocycles. The van der Waals surface area contributed by atoms with Crippen molar-refractivity contribution >= 4 is 11.6 Å². The number of aromatic nitrogens is 2. The van der Waals surface area contributed by atoms with Gasteiger partial charge >= 0.3 is 0 Å². The molecule has 4 rings (SSSR count). The maximum atomic E-state index is 13.7. The molecule has 0 N–H and O–H groups in total. The lowest BCUT2D eigenvalue weighted by Crippen LogP contribution is -2.24. The van der Waals surface area contributed by atoms with Gasteiger partial charge in [-0.15, -0.1) is 0 Å². The van der Waals surface area contributed by atoms with E-state index in [4.69, 9.17) is 4.52 Å². The highest BCUT2D eigenvalue weighted by Crippen LogP contribution is 2.31. The lowest BCUT2D eigenvalue weighted by Gasteiger charge is -2.16. The smallest absolute Gasteiger partial charge is 0.258 e. The van der Waals surface area contributed by atoms with Crippen LogP contribution < -0.4 is 4.90 Å². The summed E-state index contributed by atoms with van der Waals surface area (Å²) in [6.45, 7) is 4.21. The highest BCUT2D eigenvalue weighted by molar-refractivity contribution is 5.96. The van der Waals surface area contributed by atoms with Crippen LogP contribution in [0.1, 0.15) is 29.3 Å². The van der Waals surface area contributed by atoms with E-state index in [1.165, 1.54) is 6.07 Å². The van der Waals surface area contributed by atoms with E-state index in [-0.39, 0.29) is 23.5 Å². The number of carbonyl (C=O) groups excluding carboxylic acids is 1. The molecule has 0 spiro atoms. The lowest BCUT2D eigenvalue weighted by atomic mass is 10.1. The molecule has 1 aliphatic heterocycles. The average molecular weight is 351 g/mol. The zero-order chi connectivity index (χ0) is 18.3. The van der Waals surface area contributed by atoms with E-state index in [1.54, 1.807) is 24.0 Å². The molecule has 132 valence electrons. The third kappa shape index (κ3) is 2.98. The minimum Gasteiger partial charge on any atom is -0.334 e. The van der Waals surface area contributed by atoms with Crippen molar-refractivity contribution in [1.82, 2.24) is 10.1 Å². The van der Waals surface area contributed by atoms with Gasteiger partial charge in [-0.3, -0.25) is 4.79 Å². The van der Waals surface area contributed by atoms with Crippen molar-refractivity contribution < 1.29 is 13.7 Å². The molecule has 1 aliphatic rings. The van der Waals surface area contributed by atoms with Crippen LogP contribution in [-0.4, -0.2) is 22.6 Å². The second-order valence-corrected chi connectivity index (χ2v) is 6.66. The summed E-state index contributed by atoms with van der Waals surface area (Å²) in [5.41, 5.74) is 3.10. The molecule has 1 atom stereocenters. The lowest BCUT2D eigenvalue weighted by molar-refractivity contribution is -0.117. The van der Waals surface area contributed by atoms with Crippen LogP contribution in [0, 0.1) is 19.7 Å². The largest absolute Gasteiger partial charge is 0.334 e. The van der Waals surface area contributed by atoms with Crippen LogP contribution in [0.5, 0.6) is 0 Å². The predicted molar refractivity (Wildman–Crippen MR) is 95.3 cm³/mol. The number of amides is 1. The Labute approximate surface area is 150 Å². The molecule has 3 aromatic rings. The molecular formula is C20H18FN3O2. The topological polar surface area (TPSA) is 59.2 Å². The molecule has 2 aromatic carbocycles. The van der Waals surface area contributed by atoms with E-state index < -0.39 is 0 Å². The highest BCUT2D eigenvalue weighted by atomic mass is 19.1. The van der Waals surface area contributed by atoms with Crippen molar-refractivity contribution in [1.29, 1.82) is 0 Å². The normalized spacial score (nSPS) is 17.1. The van der Waals surface area contributed by atoms with Crippen LogP contribution in [-0.2, 0) is 4.79 Å². The Morgan fingerprint density at radius 3 is 2.65 bits per heavy atom. The van der Waals surface area contributed by atoms with Gasteiger partial charge in [0.05, 0.1) is 0 Å². The molecule has 1 fully saturated rings. The first kappa shape index (κ1) is 16.4. The average Bonchev–Trinajstić information content (AvgIpc) is 3.25. The van der Waals surface area contributed by atoms with Gasteiger partial charge in [0.25, 0.3) is 5.89 Å². The van der Waals surface area contributed by atoms with Gasteiger partial charge in [-0.1, -0.05) is 28.9 Å². The van der Waals surface area contributed by atoms with Crippen LogP contribution in [0.2, 0.25) is 0 Å². The standard InChI is InChI=1S/C20H18FN3O2/c1-12-3-7-16(8-4-12)24-11-15(10-18(24)25)19-22-20(26-23-19)14-6-5-13(2)17(21)9-14/h3-9,15H,10-11H2,1-2H3. The predicted octanol–water partition coefficient (Wildman–Crippen LogP) is 4.01. The molecule has 0 aliphatic carbocycles. The summed E-state index contributed by atoms with van der Waals surface area (Å²) in [6.07, 6.45) is 0.328. The van der Waals surface area contributed by atoms with E-state index in [9.17, 15) is 9.18 Å². The fraction of sp³-hybridized carbons (Fsp3) is 0.250. The van der Waals surface area contributed by atoms with Crippen molar-refractivity contribution in [2.24, 2.45) is 0 Å². The zero-order valence-corrected chi connectivity index (χ0v) is 14.6. The summed E-state index contributed by atoms with van der Waals surface area (Å²) in [4.78, 5) is 18.5. The quantitative estimate of drug-likeness (QED) is 0.715. The molecule has 0 bridgehead atoms. The summed E-state index contributed by atoms with van der Waals surface area (Å²) in [6, 6.07) is 12.6. The number of nitrogens with zero attached hydrogens (tertiary/aromatic N) is 3. The fourth-order valence-electron chi connectivity index (χ4n) is 3.10. The number of halogens is 1. The van der Waals surface area contributed by atoms with Crippen molar-refractivity contribution in [2.75, 3.05) is 11.4 Å². The van der Waals surface area contributed by atoms with Gasteiger partial charge in [0.1, 0.15) is 5.82 Å². The van der Waals surface area contributed by atoms with Crippen molar-refractivity contribution in [3.05, 3.63) is 65.2 Å². The molecule has 1 amide bonds. The van der Waals surface area contributed by atoms with E-state index in [1.807, 2.05) is 31.2 Å². The van der Waals surface area contributed by atoms with Crippen LogP contribution in [0.4, 0.5) is 10.1 Å². The zero-order valence-electron chi connectivity index (χ0n) is 14.6. The van der Waals surface area contributed by atoms with Gasteiger partial charge in [0.2, 0.25) is 5.91 Å². The van der Waals surface area contributed by atoms with Gasteiger partial charge in [0, 0.05) is 30.1 Å². The maximum Gasteiger partial charge on any atom is 0.258 e. The number of carbonyl (C=O) groups is 1. The summed E-state index contributed by atoms with van der Waals surface area (Å²) < 4.78 is 19.0. The summed E-state index contributed by atoms with van der Waals surface area (Å²) in [5, 5.41) is 4.02. The van der Waals surface area contributed by atoms with Crippen molar-refractivity contribution in [3.8, 4) is 11.5 Å². The molecule has 5 nitrogen and oxygen atoms in total. The minimum absolute atomic E-state index is 0.0339. The number of hydrogen-bond acceptors (Lipinski definition) is 4. The summed E-state index contributed by atoms with van der Waals surface area (Å²) in [7, 11) is 0. The van der Waals surface area contributed by atoms with Gasteiger partial charge in [-0.05, 0) is 43.7 Å². The monoisotopic (exact) mass is 351 g/mol. The first-order valence-electron chi connectivity index (χ1n) is 8.48. The molecule has 26 heavy (non-hydrogen) atoms. The van der Waals surface area contributed by atoms with Gasteiger partial charge < -0.3 is 9.42 Å². The van der Waals surface area contributed by atoms with E-state index in [0.29, 0.717) is 29.9 Å². The number of hydrogen-bond donors (Lipinski definition) is 0.